The Hall–Kier alpha value is -0.0400. The lowest BCUT2D eigenvalue weighted by Gasteiger charge is -2.09. The molecule has 0 saturated heterocycles. The molecule has 1 unspecified atom stereocenters. The number of hydrogen-bond acceptors (Lipinski definition) is 1. The van der Waals surface area contributed by atoms with E-state index in [1.54, 1.807) is 0 Å². The van der Waals surface area contributed by atoms with Crippen molar-refractivity contribution < 1.29 is 0 Å². The predicted molar refractivity (Wildman–Crippen MR) is 109 cm³/mol. The minimum absolute atomic E-state index is 0.857. The number of unbranched alkanes of at least 4 members (excludes halogenated alkanes) is 12. The summed E-state index contributed by atoms with van der Waals surface area (Å²) in [6, 6.07) is 0. The fraction of sp³-hybridized carbons (Fsp3) is 1.00. The van der Waals surface area contributed by atoms with Crippen LogP contribution < -0.4 is 5.32 Å². The van der Waals surface area contributed by atoms with Gasteiger partial charge in [-0.3, -0.25) is 0 Å². The maximum absolute atomic E-state index is 3.24. The van der Waals surface area contributed by atoms with Gasteiger partial charge >= 0.3 is 0 Å². The van der Waals surface area contributed by atoms with E-state index < -0.39 is 0 Å². The average molecular weight is 328 g/mol. The van der Waals surface area contributed by atoms with Crippen LogP contribution >= 0.6 is 0 Å². The van der Waals surface area contributed by atoms with Gasteiger partial charge in [0.25, 0.3) is 0 Å². The zero-order valence-corrected chi connectivity index (χ0v) is 17.4. The molecular weight excluding hydrogens is 278 g/mol. The predicted octanol–water partition coefficient (Wildman–Crippen LogP) is 7.74. The summed E-state index contributed by atoms with van der Waals surface area (Å²) in [5.74, 6) is 0.857. The van der Waals surface area contributed by atoms with Gasteiger partial charge in [-0.2, -0.15) is 0 Å². The van der Waals surface area contributed by atoms with Gasteiger partial charge in [-0.05, 0) is 25.9 Å². The van der Waals surface area contributed by atoms with Crippen LogP contribution in [0.5, 0.6) is 0 Å². The molecule has 1 N–H and O–H groups in total. The lowest BCUT2D eigenvalue weighted by Crippen LogP contribution is -2.15. The lowest BCUT2D eigenvalue weighted by atomic mass is 10.0. The molecule has 0 saturated carbocycles. The second-order valence-electron chi connectivity index (χ2n) is 7.34. The molecule has 0 amide bonds. The van der Waals surface area contributed by atoms with Crippen LogP contribution in [0.2, 0.25) is 0 Å². The second kappa shape index (κ2) is 24.2. The Bertz CT molecular complexity index is 173. The van der Waals surface area contributed by atoms with E-state index in [1.165, 1.54) is 103 Å². The van der Waals surface area contributed by atoms with E-state index in [2.05, 4.69) is 33.0 Å². The maximum atomic E-state index is 3.24. The van der Waals surface area contributed by atoms with Gasteiger partial charge in [-0.1, -0.05) is 118 Å². The van der Waals surface area contributed by atoms with Crippen molar-refractivity contribution in [1.82, 2.24) is 5.32 Å². The van der Waals surface area contributed by atoms with Crippen molar-refractivity contribution in [3.8, 4) is 0 Å². The first kappa shape index (κ1) is 25.2. The van der Waals surface area contributed by atoms with E-state index >= 15 is 0 Å². The van der Waals surface area contributed by atoms with Gasteiger partial charge in [0, 0.05) is 0 Å². The van der Waals surface area contributed by atoms with Crippen molar-refractivity contribution in [2.24, 2.45) is 5.92 Å². The largest absolute Gasteiger partial charge is 0.319 e. The second-order valence-corrected chi connectivity index (χ2v) is 7.34. The molecule has 0 spiro atoms. The highest BCUT2D eigenvalue weighted by Crippen LogP contribution is 2.12. The molecule has 1 heteroatoms. The van der Waals surface area contributed by atoms with Crippen molar-refractivity contribution in [3.05, 3.63) is 0 Å². The molecule has 0 fully saturated rings. The number of rotatable bonds is 16. The molecule has 1 nitrogen and oxygen atoms in total. The Morgan fingerprint density at radius 3 is 1.26 bits per heavy atom. The molecule has 0 aliphatic carbocycles. The molecule has 0 aromatic heterocycles. The maximum Gasteiger partial charge on any atom is -0.00262 e. The smallest absolute Gasteiger partial charge is 0.00262 e. The summed E-state index contributed by atoms with van der Waals surface area (Å²) in [4.78, 5) is 0. The van der Waals surface area contributed by atoms with Crippen LogP contribution in [0, 0.1) is 5.92 Å². The van der Waals surface area contributed by atoms with Gasteiger partial charge in [0.2, 0.25) is 0 Å². The van der Waals surface area contributed by atoms with Crippen molar-refractivity contribution >= 4 is 0 Å². The molecule has 23 heavy (non-hydrogen) atoms. The lowest BCUT2D eigenvalue weighted by molar-refractivity contribution is 0.464. The van der Waals surface area contributed by atoms with Crippen molar-refractivity contribution in [1.29, 1.82) is 0 Å². The van der Waals surface area contributed by atoms with Gasteiger partial charge < -0.3 is 5.32 Å². The summed E-state index contributed by atoms with van der Waals surface area (Å²) in [5, 5.41) is 3.24. The molecule has 0 aromatic carbocycles. The summed E-state index contributed by atoms with van der Waals surface area (Å²) in [5.41, 5.74) is 0. The first-order valence-corrected chi connectivity index (χ1v) is 10.9. The molecule has 0 bridgehead atoms. The zero-order chi connectivity index (χ0) is 17.6. The number of hydrogen-bond donors (Lipinski definition) is 1. The normalized spacial score (nSPS) is 11.9. The minimum Gasteiger partial charge on any atom is -0.319 e. The molecule has 0 aliphatic heterocycles. The number of nitrogens with one attached hydrogen (secondary N) is 1. The molecule has 1 atom stereocenters. The van der Waals surface area contributed by atoms with E-state index in [0.29, 0.717) is 0 Å². The summed E-state index contributed by atoms with van der Waals surface area (Å²) in [7, 11) is 2.05. The highest BCUT2D eigenvalue weighted by atomic mass is 14.8. The summed E-state index contributed by atoms with van der Waals surface area (Å²) in [6.45, 7) is 10.3. The summed E-state index contributed by atoms with van der Waals surface area (Å²) in [6.07, 6.45) is 21.4. The van der Waals surface area contributed by atoms with E-state index in [-0.39, 0.29) is 0 Å². The monoisotopic (exact) mass is 327 g/mol. The molecule has 0 heterocycles. The van der Waals surface area contributed by atoms with E-state index in [9.17, 15) is 0 Å². The molecular formula is C22H49N. The van der Waals surface area contributed by atoms with Crippen LogP contribution in [0.25, 0.3) is 0 Å². The highest BCUT2D eigenvalue weighted by molar-refractivity contribution is 4.55. The van der Waals surface area contributed by atoms with E-state index in [4.69, 9.17) is 0 Å². The zero-order valence-electron chi connectivity index (χ0n) is 17.4. The highest BCUT2D eigenvalue weighted by Gasteiger charge is 1.99. The van der Waals surface area contributed by atoms with E-state index in [0.717, 1.165) is 5.92 Å². The van der Waals surface area contributed by atoms with Crippen LogP contribution in [0.4, 0.5) is 0 Å². The first-order valence-electron chi connectivity index (χ1n) is 10.9. The molecule has 0 aromatic rings. The van der Waals surface area contributed by atoms with Gasteiger partial charge in [0.05, 0.1) is 0 Å². The SMILES string of the molecule is CCCCCCCC.CCCCCCCCCCC(C)CNC. The average Bonchev–Trinajstić information content (AvgIpc) is 2.55. The van der Waals surface area contributed by atoms with Crippen LogP contribution in [-0.4, -0.2) is 13.6 Å². The fourth-order valence-corrected chi connectivity index (χ4v) is 2.93. The third kappa shape index (κ3) is 27.1. The van der Waals surface area contributed by atoms with Gasteiger partial charge in [0.1, 0.15) is 0 Å². The van der Waals surface area contributed by atoms with Crippen LogP contribution in [0.1, 0.15) is 124 Å². The Morgan fingerprint density at radius 2 is 0.913 bits per heavy atom. The van der Waals surface area contributed by atoms with Crippen molar-refractivity contribution in [2.75, 3.05) is 13.6 Å². The third-order valence-electron chi connectivity index (χ3n) is 4.56. The Morgan fingerprint density at radius 1 is 0.565 bits per heavy atom. The topological polar surface area (TPSA) is 12.0 Å². The molecule has 0 rings (SSSR count). The van der Waals surface area contributed by atoms with Crippen LogP contribution in [-0.2, 0) is 0 Å². The first-order chi connectivity index (χ1) is 11.2. The quantitative estimate of drug-likeness (QED) is 0.286. The van der Waals surface area contributed by atoms with Crippen molar-refractivity contribution in [3.63, 3.8) is 0 Å². The standard InChI is InChI=1S/C14H31N.C8H18/c1-4-5-6-7-8-9-10-11-12-14(2)13-15-3;1-3-5-7-8-6-4-2/h14-15H,4-13H2,1-3H3;3-8H2,1-2H3. The molecule has 0 radical (unpaired) electrons. The van der Waals surface area contributed by atoms with Crippen molar-refractivity contribution in [2.45, 2.75) is 124 Å². The molecule has 0 aliphatic rings. The Labute approximate surface area is 149 Å². The fourth-order valence-electron chi connectivity index (χ4n) is 2.93. The molecule has 142 valence electrons. The van der Waals surface area contributed by atoms with Gasteiger partial charge in [0.15, 0.2) is 0 Å². The minimum atomic E-state index is 0.857. The van der Waals surface area contributed by atoms with Gasteiger partial charge in [-0.25, -0.2) is 0 Å². The summed E-state index contributed by atoms with van der Waals surface area (Å²) < 4.78 is 0. The van der Waals surface area contributed by atoms with E-state index in [1.807, 2.05) is 7.05 Å². The summed E-state index contributed by atoms with van der Waals surface area (Å²) >= 11 is 0. The van der Waals surface area contributed by atoms with Crippen LogP contribution in [0.15, 0.2) is 0 Å². The Balaban J connectivity index is 0. The third-order valence-corrected chi connectivity index (χ3v) is 4.56. The van der Waals surface area contributed by atoms with Gasteiger partial charge in [-0.15, -0.1) is 0 Å². The van der Waals surface area contributed by atoms with Crippen LogP contribution in [0.3, 0.4) is 0 Å². The Kier molecular flexibility index (Phi) is 26.5.